The smallest absolute Gasteiger partial charge is 0.0704 e. The van der Waals surface area contributed by atoms with Crippen LogP contribution in [0.5, 0.6) is 0 Å². The minimum atomic E-state index is -0.576. The normalized spacial score (nSPS) is 11.9. The Labute approximate surface area is 115 Å². The summed E-state index contributed by atoms with van der Waals surface area (Å²) in [6, 6.07) is 10.2. The first-order chi connectivity index (χ1) is 9.18. The van der Waals surface area contributed by atoms with Crippen molar-refractivity contribution in [3.05, 3.63) is 42.1 Å². The van der Waals surface area contributed by atoms with Gasteiger partial charge in [-0.3, -0.25) is 4.98 Å². The number of fused-ring (bicyclic) bond motifs is 1. The molecule has 2 rings (SSSR count). The van der Waals surface area contributed by atoms with Gasteiger partial charge in [-0.2, -0.15) is 0 Å². The van der Waals surface area contributed by atoms with Gasteiger partial charge in [-0.05, 0) is 30.5 Å². The summed E-state index contributed by atoms with van der Waals surface area (Å²) in [6.07, 6.45) is 6.31. The summed E-state index contributed by atoms with van der Waals surface area (Å²) in [5, 5.41) is 12.0. The van der Waals surface area contributed by atoms with Gasteiger partial charge in [0.15, 0.2) is 0 Å². The van der Waals surface area contributed by atoms with E-state index in [-0.39, 0.29) is 0 Å². The summed E-state index contributed by atoms with van der Waals surface area (Å²) in [5.41, 5.74) is 1.64. The van der Waals surface area contributed by atoms with Gasteiger partial charge in [0.1, 0.15) is 0 Å². The topological polar surface area (TPSA) is 33.1 Å². The molecule has 0 amide bonds. The number of para-hydroxylation sites is 1. The van der Waals surface area contributed by atoms with Crippen LogP contribution in [0.2, 0.25) is 0 Å². The summed E-state index contributed by atoms with van der Waals surface area (Å²) in [4.78, 5) is 4.38. The van der Waals surface area contributed by atoms with Crippen molar-refractivity contribution in [2.75, 3.05) is 0 Å². The number of pyridine rings is 1. The van der Waals surface area contributed by atoms with E-state index in [4.69, 9.17) is 0 Å². The van der Waals surface area contributed by atoms with Gasteiger partial charge in [0.25, 0.3) is 0 Å². The van der Waals surface area contributed by atoms with E-state index in [1.165, 1.54) is 5.56 Å². The Morgan fingerprint density at radius 1 is 1.05 bits per heavy atom. The van der Waals surface area contributed by atoms with E-state index in [0.29, 0.717) is 0 Å². The highest BCUT2D eigenvalue weighted by Crippen LogP contribution is 2.27. The standard InChI is InChI=1S/C17H23NO/c1-3-10-17(19,11-4-2)13-14-9-12-18-16-8-6-5-7-15(14)16/h5-9,12,19H,3-4,10-11,13H2,1-2H3. The fourth-order valence-corrected chi connectivity index (χ4v) is 2.90. The van der Waals surface area contributed by atoms with Gasteiger partial charge in [-0.25, -0.2) is 0 Å². The van der Waals surface area contributed by atoms with E-state index in [0.717, 1.165) is 43.0 Å². The molecular weight excluding hydrogens is 234 g/mol. The maximum Gasteiger partial charge on any atom is 0.0704 e. The van der Waals surface area contributed by atoms with Crippen LogP contribution in [-0.2, 0) is 6.42 Å². The molecule has 19 heavy (non-hydrogen) atoms. The molecule has 1 aromatic heterocycles. The SMILES string of the molecule is CCCC(O)(CCC)Cc1ccnc2ccccc12. The van der Waals surface area contributed by atoms with Crippen LogP contribution in [-0.4, -0.2) is 15.7 Å². The van der Waals surface area contributed by atoms with Crippen LogP contribution in [0.4, 0.5) is 0 Å². The molecule has 1 N–H and O–H groups in total. The summed E-state index contributed by atoms with van der Waals surface area (Å²) < 4.78 is 0. The average molecular weight is 257 g/mol. The highest BCUT2D eigenvalue weighted by Gasteiger charge is 2.25. The van der Waals surface area contributed by atoms with Gasteiger partial charge in [0.2, 0.25) is 0 Å². The van der Waals surface area contributed by atoms with Crippen molar-refractivity contribution in [2.24, 2.45) is 0 Å². The number of hydrogen-bond acceptors (Lipinski definition) is 2. The van der Waals surface area contributed by atoms with E-state index >= 15 is 0 Å². The Hall–Kier alpha value is -1.41. The summed E-state index contributed by atoms with van der Waals surface area (Å²) in [5.74, 6) is 0. The fraction of sp³-hybridized carbons (Fsp3) is 0.471. The predicted molar refractivity (Wildman–Crippen MR) is 80.2 cm³/mol. The molecule has 0 aliphatic rings. The molecule has 2 heteroatoms. The number of benzene rings is 1. The number of rotatable bonds is 6. The third-order valence-corrected chi connectivity index (χ3v) is 3.69. The zero-order valence-corrected chi connectivity index (χ0v) is 11.9. The molecule has 0 saturated heterocycles. The molecule has 0 saturated carbocycles. The van der Waals surface area contributed by atoms with Crippen molar-refractivity contribution in [1.29, 1.82) is 0 Å². The average Bonchev–Trinajstić information content (AvgIpc) is 2.39. The molecule has 0 aliphatic heterocycles. The zero-order chi connectivity index (χ0) is 13.7. The van der Waals surface area contributed by atoms with E-state index in [2.05, 4.69) is 24.9 Å². The van der Waals surface area contributed by atoms with Crippen molar-refractivity contribution in [3.63, 3.8) is 0 Å². The second kappa shape index (κ2) is 6.16. The molecule has 0 bridgehead atoms. The first-order valence-corrected chi connectivity index (χ1v) is 7.23. The molecule has 0 radical (unpaired) electrons. The Morgan fingerprint density at radius 3 is 2.42 bits per heavy atom. The van der Waals surface area contributed by atoms with Gasteiger partial charge in [0, 0.05) is 18.0 Å². The molecule has 102 valence electrons. The van der Waals surface area contributed by atoms with Crippen LogP contribution in [0.1, 0.15) is 45.1 Å². The van der Waals surface area contributed by atoms with Crippen LogP contribution in [0, 0.1) is 0 Å². The van der Waals surface area contributed by atoms with Crippen LogP contribution < -0.4 is 0 Å². The quantitative estimate of drug-likeness (QED) is 0.844. The highest BCUT2D eigenvalue weighted by atomic mass is 16.3. The Kier molecular flexibility index (Phi) is 4.54. The minimum absolute atomic E-state index is 0.576. The number of nitrogens with zero attached hydrogens (tertiary/aromatic N) is 1. The van der Waals surface area contributed by atoms with E-state index in [9.17, 15) is 5.11 Å². The Balaban J connectivity index is 2.33. The number of aliphatic hydroxyl groups is 1. The minimum Gasteiger partial charge on any atom is -0.390 e. The van der Waals surface area contributed by atoms with Crippen molar-refractivity contribution in [1.82, 2.24) is 4.98 Å². The van der Waals surface area contributed by atoms with E-state index < -0.39 is 5.60 Å². The molecule has 1 heterocycles. The predicted octanol–water partition coefficient (Wildman–Crippen LogP) is 4.11. The van der Waals surface area contributed by atoms with Gasteiger partial charge >= 0.3 is 0 Å². The monoisotopic (exact) mass is 257 g/mol. The first-order valence-electron chi connectivity index (χ1n) is 7.23. The van der Waals surface area contributed by atoms with Crippen molar-refractivity contribution < 1.29 is 5.11 Å². The van der Waals surface area contributed by atoms with Crippen LogP contribution in [0.15, 0.2) is 36.5 Å². The highest BCUT2D eigenvalue weighted by molar-refractivity contribution is 5.81. The van der Waals surface area contributed by atoms with Crippen molar-refractivity contribution >= 4 is 10.9 Å². The van der Waals surface area contributed by atoms with Crippen molar-refractivity contribution in [3.8, 4) is 0 Å². The van der Waals surface area contributed by atoms with Gasteiger partial charge in [-0.1, -0.05) is 44.9 Å². The summed E-state index contributed by atoms with van der Waals surface area (Å²) >= 11 is 0. The lowest BCUT2D eigenvalue weighted by Gasteiger charge is -2.28. The maximum atomic E-state index is 10.8. The molecule has 0 spiro atoms. The number of hydrogen-bond donors (Lipinski definition) is 1. The molecular formula is C17H23NO. The van der Waals surface area contributed by atoms with Gasteiger partial charge < -0.3 is 5.11 Å². The second-order valence-electron chi connectivity index (χ2n) is 5.39. The van der Waals surface area contributed by atoms with Crippen molar-refractivity contribution in [2.45, 2.75) is 51.6 Å². The van der Waals surface area contributed by atoms with E-state index in [1.807, 2.05) is 30.5 Å². The lowest BCUT2D eigenvalue weighted by Crippen LogP contribution is -2.31. The fourth-order valence-electron chi connectivity index (χ4n) is 2.90. The van der Waals surface area contributed by atoms with Crippen LogP contribution in [0.3, 0.4) is 0 Å². The molecule has 0 atom stereocenters. The van der Waals surface area contributed by atoms with Gasteiger partial charge in [0.05, 0.1) is 11.1 Å². The first kappa shape index (κ1) is 14.0. The van der Waals surface area contributed by atoms with Gasteiger partial charge in [-0.15, -0.1) is 0 Å². The van der Waals surface area contributed by atoms with Crippen LogP contribution >= 0.6 is 0 Å². The van der Waals surface area contributed by atoms with Crippen LogP contribution in [0.25, 0.3) is 10.9 Å². The molecule has 0 aliphatic carbocycles. The lowest BCUT2D eigenvalue weighted by atomic mass is 9.85. The molecule has 2 nitrogen and oxygen atoms in total. The molecule has 2 aromatic rings. The maximum absolute atomic E-state index is 10.8. The summed E-state index contributed by atoms with van der Waals surface area (Å²) in [6.45, 7) is 4.26. The third-order valence-electron chi connectivity index (χ3n) is 3.69. The Bertz CT molecular complexity index is 524. The second-order valence-corrected chi connectivity index (χ2v) is 5.39. The molecule has 1 aromatic carbocycles. The summed E-state index contributed by atoms with van der Waals surface area (Å²) in [7, 11) is 0. The molecule has 0 unspecified atom stereocenters. The number of aromatic nitrogens is 1. The van der Waals surface area contributed by atoms with E-state index in [1.54, 1.807) is 0 Å². The lowest BCUT2D eigenvalue weighted by molar-refractivity contribution is 0.0219. The largest absolute Gasteiger partial charge is 0.390 e. The third kappa shape index (κ3) is 3.32. The Morgan fingerprint density at radius 2 is 1.74 bits per heavy atom. The molecule has 0 fully saturated rings. The zero-order valence-electron chi connectivity index (χ0n) is 11.9.